The van der Waals surface area contributed by atoms with Crippen molar-refractivity contribution in [1.29, 1.82) is 0 Å². The third-order valence-corrected chi connectivity index (χ3v) is 5.15. The monoisotopic (exact) mass is 375 g/mol. The Hall–Kier alpha value is -0.880. The van der Waals surface area contributed by atoms with E-state index >= 15 is 0 Å². The average Bonchev–Trinajstić information content (AvgIpc) is 3.23. The Balaban J connectivity index is 0.00000157. The third kappa shape index (κ3) is 2.67. The SMILES string of the molecule is O=P1([O-])OC[C@H]2O[C@@H](n3cnc4c3ncn3ccnc43)[C@H](O)[C@H]2O1.[Na+]. The van der Waals surface area contributed by atoms with Gasteiger partial charge in [0.15, 0.2) is 23.0 Å². The molecular formula is C12H11N5NaO6P. The second-order valence-corrected chi connectivity index (χ2v) is 6.96. The minimum absolute atomic E-state index is 0. The molecule has 0 bridgehead atoms. The van der Waals surface area contributed by atoms with Gasteiger partial charge in [-0.15, -0.1) is 0 Å². The number of phosphoric acid groups is 1. The predicted molar refractivity (Wildman–Crippen MR) is 74.6 cm³/mol. The van der Waals surface area contributed by atoms with Crippen LogP contribution < -0.4 is 34.5 Å². The fourth-order valence-electron chi connectivity index (χ4n) is 3.09. The fraction of sp³-hybridized carbons (Fsp3) is 0.417. The minimum atomic E-state index is -4.41. The van der Waals surface area contributed by atoms with Crippen LogP contribution in [0, 0.1) is 0 Å². The van der Waals surface area contributed by atoms with Gasteiger partial charge in [-0.3, -0.25) is 13.5 Å². The first kappa shape index (κ1) is 17.5. The molecule has 5 heterocycles. The third-order valence-electron chi connectivity index (χ3n) is 4.18. The van der Waals surface area contributed by atoms with E-state index in [4.69, 9.17) is 9.26 Å². The molecule has 2 fully saturated rings. The summed E-state index contributed by atoms with van der Waals surface area (Å²) in [7, 11) is -4.41. The zero-order valence-electron chi connectivity index (χ0n) is 13.0. The minimum Gasteiger partial charge on any atom is -0.756 e. The zero-order chi connectivity index (χ0) is 16.5. The normalized spacial score (nSPS) is 35.0. The molecule has 5 rings (SSSR count). The number of imidazole rings is 2. The van der Waals surface area contributed by atoms with Crippen molar-refractivity contribution in [3.63, 3.8) is 0 Å². The van der Waals surface area contributed by atoms with Crippen LogP contribution in [0.2, 0.25) is 0 Å². The first-order valence-electron chi connectivity index (χ1n) is 7.15. The molecule has 2 aliphatic rings. The number of phosphoric ester groups is 1. The van der Waals surface area contributed by atoms with Gasteiger partial charge in [-0.25, -0.2) is 15.0 Å². The van der Waals surface area contributed by atoms with Crippen LogP contribution >= 0.6 is 7.82 Å². The molecule has 1 unspecified atom stereocenters. The van der Waals surface area contributed by atoms with E-state index in [0.29, 0.717) is 16.8 Å². The number of ether oxygens (including phenoxy) is 1. The molecule has 2 saturated heterocycles. The molecule has 0 spiro atoms. The van der Waals surface area contributed by atoms with E-state index in [1.807, 2.05) is 0 Å². The molecule has 0 aliphatic carbocycles. The Bertz CT molecular complexity index is 993. The topological polar surface area (TPSA) is 136 Å². The van der Waals surface area contributed by atoms with E-state index in [0.717, 1.165) is 0 Å². The van der Waals surface area contributed by atoms with Crippen LogP contribution in [-0.2, 0) is 18.3 Å². The second-order valence-electron chi connectivity index (χ2n) is 5.60. The zero-order valence-corrected chi connectivity index (χ0v) is 15.9. The molecule has 0 radical (unpaired) electrons. The molecule has 1 N–H and O–H groups in total. The van der Waals surface area contributed by atoms with Gasteiger partial charge in [0.2, 0.25) is 0 Å². The summed E-state index contributed by atoms with van der Waals surface area (Å²) in [4.78, 5) is 24.2. The molecule has 0 aromatic carbocycles. The Kier molecular flexibility index (Phi) is 4.27. The van der Waals surface area contributed by atoms with Crippen molar-refractivity contribution in [2.24, 2.45) is 0 Å². The Morgan fingerprint density at radius 2 is 2.12 bits per heavy atom. The number of nitrogens with zero attached hydrogens (tertiary/aromatic N) is 5. The van der Waals surface area contributed by atoms with Crippen molar-refractivity contribution >= 4 is 24.6 Å². The van der Waals surface area contributed by atoms with Gasteiger partial charge in [0.05, 0.1) is 12.9 Å². The van der Waals surface area contributed by atoms with Crippen molar-refractivity contribution < 1.29 is 57.9 Å². The van der Waals surface area contributed by atoms with E-state index in [1.54, 1.807) is 23.1 Å². The maximum absolute atomic E-state index is 11.4. The summed E-state index contributed by atoms with van der Waals surface area (Å²) in [5.41, 5.74) is 1.62. The largest absolute Gasteiger partial charge is 1.00 e. The van der Waals surface area contributed by atoms with E-state index in [-0.39, 0.29) is 36.2 Å². The van der Waals surface area contributed by atoms with E-state index in [1.165, 1.54) is 10.9 Å². The summed E-state index contributed by atoms with van der Waals surface area (Å²) in [6, 6.07) is 0. The Morgan fingerprint density at radius 3 is 2.96 bits per heavy atom. The maximum atomic E-state index is 11.4. The number of aliphatic hydroxyl groups is 1. The number of rotatable bonds is 1. The predicted octanol–water partition coefficient (Wildman–Crippen LogP) is -3.77. The van der Waals surface area contributed by atoms with Crippen molar-refractivity contribution in [3.8, 4) is 0 Å². The van der Waals surface area contributed by atoms with Gasteiger partial charge >= 0.3 is 29.6 Å². The smallest absolute Gasteiger partial charge is 0.756 e. The molecule has 3 aromatic rings. The van der Waals surface area contributed by atoms with Crippen LogP contribution in [0.4, 0.5) is 0 Å². The van der Waals surface area contributed by atoms with E-state index in [2.05, 4.69) is 19.5 Å². The molecule has 0 amide bonds. The standard InChI is InChI=1S/C12H12N5O6P.Na/c18-8-9-6(3-21-24(19,20)23-9)22-12(8)17-5-14-7-10-13-1-2-16(10)4-15-11(7)17;/h1-2,4-6,8-9,12,18H,3H2,(H,19,20);/q;+1/p-1/t6-,8-,9+,12-;/m1./s1. The van der Waals surface area contributed by atoms with Crippen molar-refractivity contribution in [2.75, 3.05) is 6.61 Å². The van der Waals surface area contributed by atoms with Crippen molar-refractivity contribution in [3.05, 3.63) is 25.0 Å². The van der Waals surface area contributed by atoms with Crippen LogP contribution in [0.1, 0.15) is 6.23 Å². The number of aliphatic hydroxyl groups excluding tert-OH is 1. The number of hydrogen-bond acceptors (Lipinski definition) is 9. The van der Waals surface area contributed by atoms with E-state index < -0.39 is 32.4 Å². The van der Waals surface area contributed by atoms with Gasteiger partial charge in [-0.05, 0) is 0 Å². The summed E-state index contributed by atoms with van der Waals surface area (Å²) in [6.07, 6.45) is 2.58. The fourth-order valence-corrected chi connectivity index (χ4v) is 4.04. The van der Waals surface area contributed by atoms with Crippen LogP contribution in [0.5, 0.6) is 0 Å². The van der Waals surface area contributed by atoms with Gasteiger partial charge in [-0.1, -0.05) is 0 Å². The van der Waals surface area contributed by atoms with Gasteiger partial charge in [0, 0.05) is 12.4 Å². The average molecular weight is 375 g/mol. The Labute approximate surface area is 162 Å². The van der Waals surface area contributed by atoms with Gasteiger partial charge < -0.3 is 23.8 Å². The van der Waals surface area contributed by atoms with Crippen molar-refractivity contribution in [2.45, 2.75) is 24.5 Å². The molecule has 5 atom stereocenters. The molecule has 2 aliphatic heterocycles. The second kappa shape index (κ2) is 6.08. The summed E-state index contributed by atoms with van der Waals surface area (Å²) >= 11 is 0. The summed E-state index contributed by atoms with van der Waals surface area (Å²) in [6.45, 7) is -0.205. The summed E-state index contributed by atoms with van der Waals surface area (Å²) in [5, 5.41) is 10.5. The molecule has 0 saturated carbocycles. The van der Waals surface area contributed by atoms with Crippen LogP contribution in [0.15, 0.2) is 25.0 Å². The molecule has 25 heavy (non-hydrogen) atoms. The molecule has 3 aromatic heterocycles. The Morgan fingerprint density at radius 1 is 1.28 bits per heavy atom. The number of hydrogen-bond donors (Lipinski definition) is 1. The molecule has 13 heteroatoms. The van der Waals surface area contributed by atoms with Gasteiger partial charge in [-0.2, -0.15) is 0 Å². The number of fused-ring (bicyclic) bond motifs is 4. The first-order chi connectivity index (χ1) is 11.5. The van der Waals surface area contributed by atoms with Crippen LogP contribution in [0.25, 0.3) is 16.8 Å². The van der Waals surface area contributed by atoms with E-state index in [9.17, 15) is 14.6 Å². The molecule has 126 valence electrons. The van der Waals surface area contributed by atoms with Gasteiger partial charge in [0.25, 0.3) is 7.82 Å². The maximum Gasteiger partial charge on any atom is 1.00 e. The van der Waals surface area contributed by atoms with Crippen molar-refractivity contribution in [1.82, 2.24) is 23.9 Å². The summed E-state index contributed by atoms with van der Waals surface area (Å²) in [5.74, 6) is 0. The molecular weight excluding hydrogens is 364 g/mol. The quantitative estimate of drug-likeness (QED) is 0.336. The summed E-state index contributed by atoms with van der Waals surface area (Å²) < 4.78 is 29.9. The first-order valence-corrected chi connectivity index (χ1v) is 8.61. The van der Waals surface area contributed by atoms with Crippen LogP contribution in [-0.4, -0.2) is 53.9 Å². The number of aromatic nitrogens is 5. The van der Waals surface area contributed by atoms with Gasteiger partial charge in [0.1, 0.15) is 24.6 Å². The van der Waals surface area contributed by atoms with Crippen LogP contribution in [0.3, 0.4) is 0 Å². The molecule has 11 nitrogen and oxygen atoms in total.